The minimum Gasteiger partial charge on any atom is -0.480 e. The molecule has 0 spiro atoms. The van der Waals surface area contributed by atoms with Crippen LogP contribution in [0.25, 0.3) is 0 Å². The normalized spacial score (nSPS) is 13.8. The number of carboxylic acid groups (broad SMARTS) is 1. The highest BCUT2D eigenvalue weighted by Gasteiger charge is 2.35. The largest absolute Gasteiger partial charge is 0.480 e. The zero-order valence-corrected chi connectivity index (χ0v) is 12.1. The molecule has 0 radical (unpaired) electrons. The molecular formula is C15H20N2O4. The van der Waals surface area contributed by atoms with Crippen LogP contribution < -0.4 is 4.90 Å². The van der Waals surface area contributed by atoms with Crippen LogP contribution >= 0.6 is 0 Å². The Kier molecular flexibility index (Phi) is 5.16. The second-order valence-corrected chi connectivity index (χ2v) is 5.02. The van der Waals surface area contributed by atoms with Gasteiger partial charge in [0, 0.05) is 25.4 Å². The van der Waals surface area contributed by atoms with Crippen molar-refractivity contribution in [2.75, 3.05) is 31.7 Å². The van der Waals surface area contributed by atoms with Crippen molar-refractivity contribution in [1.29, 1.82) is 0 Å². The SMILES string of the molecule is COCCN(C(=O)N(CC(=O)O)c1ccccc1)C1CC1. The summed E-state index contributed by atoms with van der Waals surface area (Å²) in [6.07, 6.45) is 1.93. The Morgan fingerprint density at radius 1 is 1.29 bits per heavy atom. The molecule has 0 aliphatic heterocycles. The fourth-order valence-electron chi connectivity index (χ4n) is 2.18. The molecule has 0 atom stereocenters. The average Bonchev–Trinajstić information content (AvgIpc) is 3.30. The van der Waals surface area contributed by atoms with Crippen LogP contribution in [0.4, 0.5) is 10.5 Å². The molecule has 0 aromatic heterocycles. The molecule has 1 aromatic carbocycles. The standard InChI is InChI=1S/C15H20N2O4/c1-21-10-9-16(13-7-8-13)15(20)17(11-14(18)19)12-5-3-2-4-6-12/h2-6,13H,7-11H2,1H3,(H,18,19). The van der Waals surface area contributed by atoms with E-state index in [4.69, 9.17) is 9.84 Å². The lowest BCUT2D eigenvalue weighted by Gasteiger charge is -2.29. The molecule has 0 saturated heterocycles. The van der Waals surface area contributed by atoms with Crippen LogP contribution in [-0.2, 0) is 9.53 Å². The minimum absolute atomic E-state index is 0.202. The molecule has 1 fully saturated rings. The summed E-state index contributed by atoms with van der Waals surface area (Å²) in [5.41, 5.74) is 0.591. The van der Waals surface area contributed by atoms with E-state index in [0.29, 0.717) is 18.8 Å². The van der Waals surface area contributed by atoms with E-state index < -0.39 is 5.97 Å². The molecule has 2 amide bonds. The van der Waals surface area contributed by atoms with Crippen LogP contribution in [0.3, 0.4) is 0 Å². The minimum atomic E-state index is -1.03. The highest BCUT2D eigenvalue weighted by atomic mass is 16.5. The number of rotatable bonds is 7. The molecule has 1 aliphatic rings. The first-order chi connectivity index (χ1) is 10.1. The average molecular weight is 292 g/mol. The summed E-state index contributed by atoms with van der Waals surface area (Å²) in [6, 6.07) is 8.80. The van der Waals surface area contributed by atoms with Crippen molar-refractivity contribution in [1.82, 2.24) is 4.90 Å². The molecule has 1 saturated carbocycles. The number of methoxy groups -OCH3 is 1. The van der Waals surface area contributed by atoms with E-state index in [9.17, 15) is 9.59 Å². The number of ether oxygens (including phenoxy) is 1. The lowest BCUT2D eigenvalue weighted by Crippen LogP contribution is -2.47. The second-order valence-electron chi connectivity index (χ2n) is 5.02. The first-order valence-corrected chi connectivity index (χ1v) is 6.97. The quantitative estimate of drug-likeness (QED) is 0.832. The lowest BCUT2D eigenvalue weighted by atomic mass is 10.3. The third-order valence-corrected chi connectivity index (χ3v) is 3.36. The van der Waals surface area contributed by atoms with Crippen molar-refractivity contribution >= 4 is 17.7 Å². The third kappa shape index (κ3) is 4.19. The number of carbonyl (C=O) groups excluding carboxylic acids is 1. The Morgan fingerprint density at radius 3 is 2.48 bits per heavy atom. The maximum absolute atomic E-state index is 12.7. The van der Waals surface area contributed by atoms with Gasteiger partial charge in [-0.1, -0.05) is 18.2 Å². The van der Waals surface area contributed by atoms with Gasteiger partial charge in [-0.15, -0.1) is 0 Å². The number of nitrogens with zero attached hydrogens (tertiary/aromatic N) is 2. The van der Waals surface area contributed by atoms with E-state index in [1.54, 1.807) is 36.3 Å². The van der Waals surface area contributed by atoms with Crippen LogP contribution in [0, 0.1) is 0 Å². The van der Waals surface area contributed by atoms with Crippen molar-refractivity contribution in [3.63, 3.8) is 0 Å². The summed E-state index contributed by atoms with van der Waals surface area (Å²) in [4.78, 5) is 26.8. The number of aliphatic carboxylic acids is 1. The van der Waals surface area contributed by atoms with Gasteiger partial charge in [0.2, 0.25) is 0 Å². The van der Waals surface area contributed by atoms with E-state index in [0.717, 1.165) is 12.8 Å². The Morgan fingerprint density at radius 2 is 1.95 bits per heavy atom. The van der Waals surface area contributed by atoms with Gasteiger partial charge in [0.05, 0.1) is 6.61 Å². The zero-order valence-electron chi connectivity index (χ0n) is 12.1. The van der Waals surface area contributed by atoms with E-state index in [-0.39, 0.29) is 18.6 Å². The van der Waals surface area contributed by atoms with Gasteiger partial charge in [-0.05, 0) is 25.0 Å². The van der Waals surface area contributed by atoms with Crippen molar-refractivity contribution in [3.05, 3.63) is 30.3 Å². The maximum Gasteiger partial charge on any atom is 0.325 e. The van der Waals surface area contributed by atoms with Crippen LogP contribution in [0.1, 0.15) is 12.8 Å². The van der Waals surface area contributed by atoms with Crippen molar-refractivity contribution in [2.45, 2.75) is 18.9 Å². The van der Waals surface area contributed by atoms with Gasteiger partial charge >= 0.3 is 12.0 Å². The molecule has 0 bridgehead atoms. The van der Waals surface area contributed by atoms with Crippen molar-refractivity contribution in [3.8, 4) is 0 Å². The van der Waals surface area contributed by atoms with Gasteiger partial charge in [0.1, 0.15) is 6.54 Å². The van der Waals surface area contributed by atoms with Crippen LogP contribution in [0.15, 0.2) is 30.3 Å². The molecule has 6 heteroatoms. The summed E-state index contributed by atoms with van der Waals surface area (Å²) < 4.78 is 5.04. The number of hydrogen-bond donors (Lipinski definition) is 1. The van der Waals surface area contributed by atoms with Crippen LogP contribution in [0.2, 0.25) is 0 Å². The van der Waals surface area contributed by atoms with Crippen LogP contribution in [-0.4, -0.2) is 54.9 Å². The predicted molar refractivity (Wildman–Crippen MR) is 78.4 cm³/mol. The molecular weight excluding hydrogens is 272 g/mol. The number of carbonyl (C=O) groups is 2. The number of hydrogen-bond acceptors (Lipinski definition) is 3. The zero-order chi connectivity index (χ0) is 15.2. The van der Waals surface area contributed by atoms with Crippen molar-refractivity contribution in [2.24, 2.45) is 0 Å². The number of para-hydroxylation sites is 1. The molecule has 1 aromatic rings. The summed E-state index contributed by atoms with van der Waals surface area (Å²) in [7, 11) is 1.59. The monoisotopic (exact) mass is 292 g/mol. The van der Waals surface area contributed by atoms with Crippen LogP contribution in [0.5, 0.6) is 0 Å². The fourth-order valence-corrected chi connectivity index (χ4v) is 2.18. The van der Waals surface area contributed by atoms with E-state index in [2.05, 4.69) is 0 Å². The predicted octanol–water partition coefficient (Wildman–Crippen LogP) is 1.81. The molecule has 114 valence electrons. The molecule has 1 aliphatic carbocycles. The Bertz CT molecular complexity index is 488. The summed E-state index contributed by atoms with van der Waals surface area (Å²) in [5, 5.41) is 9.07. The van der Waals surface area contributed by atoms with Gasteiger partial charge in [-0.3, -0.25) is 9.69 Å². The number of benzene rings is 1. The highest BCUT2D eigenvalue weighted by Crippen LogP contribution is 2.28. The second kappa shape index (κ2) is 7.08. The smallest absolute Gasteiger partial charge is 0.325 e. The third-order valence-electron chi connectivity index (χ3n) is 3.36. The lowest BCUT2D eigenvalue weighted by molar-refractivity contribution is -0.135. The Labute approximate surface area is 123 Å². The number of anilines is 1. The summed E-state index contributed by atoms with van der Waals surface area (Å²) in [6.45, 7) is 0.569. The summed E-state index contributed by atoms with van der Waals surface area (Å²) in [5.74, 6) is -1.03. The molecule has 1 N–H and O–H groups in total. The molecule has 2 rings (SSSR count). The Hall–Kier alpha value is -2.08. The van der Waals surface area contributed by atoms with Crippen molar-refractivity contribution < 1.29 is 19.4 Å². The van der Waals surface area contributed by atoms with E-state index >= 15 is 0 Å². The van der Waals surface area contributed by atoms with Gasteiger partial charge in [-0.25, -0.2) is 4.79 Å². The Balaban J connectivity index is 2.18. The van der Waals surface area contributed by atoms with Gasteiger partial charge in [0.25, 0.3) is 0 Å². The topological polar surface area (TPSA) is 70.1 Å². The van der Waals surface area contributed by atoms with Gasteiger partial charge in [0.15, 0.2) is 0 Å². The van der Waals surface area contributed by atoms with E-state index in [1.807, 2.05) is 6.07 Å². The number of carboxylic acids is 1. The first-order valence-electron chi connectivity index (χ1n) is 6.97. The maximum atomic E-state index is 12.7. The molecule has 6 nitrogen and oxygen atoms in total. The van der Waals surface area contributed by atoms with Gasteiger partial charge < -0.3 is 14.7 Å². The van der Waals surface area contributed by atoms with E-state index in [1.165, 1.54) is 4.90 Å². The van der Waals surface area contributed by atoms with Gasteiger partial charge in [-0.2, -0.15) is 0 Å². The molecule has 21 heavy (non-hydrogen) atoms. The fraction of sp³-hybridized carbons (Fsp3) is 0.467. The first kappa shape index (κ1) is 15.3. The molecule has 0 unspecified atom stereocenters. The molecule has 0 heterocycles. The number of urea groups is 1. The highest BCUT2D eigenvalue weighted by molar-refractivity contribution is 5.96. The summed E-state index contributed by atoms with van der Waals surface area (Å²) >= 11 is 0. The number of amides is 2.